The van der Waals surface area contributed by atoms with Crippen molar-refractivity contribution >= 4 is 22.6 Å². The first-order chi connectivity index (χ1) is 17.7. The third-order valence-corrected chi connectivity index (χ3v) is 6.66. The van der Waals surface area contributed by atoms with Gasteiger partial charge in [0.25, 0.3) is 5.91 Å². The van der Waals surface area contributed by atoms with Crippen molar-refractivity contribution in [2.45, 2.75) is 13.0 Å². The van der Waals surface area contributed by atoms with E-state index in [0.29, 0.717) is 41.3 Å². The molecule has 8 heteroatoms. The first kappa shape index (κ1) is 22.0. The van der Waals surface area contributed by atoms with Gasteiger partial charge >= 0.3 is 0 Å². The van der Waals surface area contributed by atoms with Crippen LogP contribution in [0.2, 0.25) is 0 Å². The number of anilines is 1. The van der Waals surface area contributed by atoms with Crippen LogP contribution in [0.25, 0.3) is 22.3 Å². The number of rotatable bonds is 7. The normalized spacial score (nSPS) is 15.4. The smallest absolute Gasteiger partial charge is 0.252 e. The summed E-state index contributed by atoms with van der Waals surface area (Å²) in [6, 6.07) is 19.8. The number of hydrogen-bond donors (Lipinski definition) is 1. The summed E-state index contributed by atoms with van der Waals surface area (Å²) in [4.78, 5) is 24.9. The van der Waals surface area contributed by atoms with Crippen LogP contribution in [0, 0.1) is 5.92 Å². The van der Waals surface area contributed by atoms with Gasteiger partial charge in [-0.15, -0.1) is 0 Å². The van der Waals surface area contributed by atoms with Crippen molar-refractivity contribution in [1.29, 1.82) is 0 Å². The van der Waals surface area contributed by atoms with Crippen LogP contribution in [-0.4, -0.2) is 45.3 Å². The molecule has 0 saturated carbocycles. The van der Waals surface area contributed by atoms with Crippen LogP contribution in [0.3, 0.4) is 0 Å². The van der Waals surface area contributed by atoms with E-state index in [1.165, 1.54) is 5.69 Å². The molecule has 1 N–H and O–H groups in total. The fourth-order valence-corrected chi connectivity index (χ4v) is 4.77. The number of aromatic nitrogens is 4. The van der Waals surface area contributed by atoms with E-state index in [0.717, 1.165) is 30.8 Å². The Morgan fingerprint density at radius 2 is 2.00 bits per heavy atom. The van der Waals surface area contributed by atoms with E-state index in [4.69, 9.17) is 9.40 Å². The average molecular weight is 479 g/mol. The van der Waals surface area contributed by atoms with Crippen LogP contribution < -0.4 is 10.2 Å². The molecule has 1 unspecified atom stereocenters. The largest absolute Gasteiger partial charge is 0.467 e. The Morgan fingerprint density at radius 1 is 1.08 bits per heavy atom. The van der Waals surface area contributed by atoms with Crippen molar-refractivity contribution in [3.8, 4) is 11.3 Å². The lowest BCUT2D eigenvalue weighted by atomic mass is 10.1. The summed E-state index contributed by atoms with van der Waals surface area (Å²) in [5.41, 5.74) is 3.94. The Labute approximate surface area is 208 Å². The van der Waals surface area contributed by atoms with Gasteiger partial charge < -0.3 is 14.6 Å². The predicted molar refractivity (Wildman–Crippen MR) is 138 cm³/mol. The predicted octanol–water partition coefficient (Wildman–Crippen LogP) is 4.39. The van der Waals surface area contributed by atoms with Gasteiger partial charge in [-0.2, -0.15) is 5.10 Å². The minimum absolute atomic E-state index is 0.122. The third-order valence-electron chi connectivity index (χ3n) is 6.66. The number of benzene rings is 1. The summed E-state index contributed by atoms with van der Waals surface area (Å²) in [7, 11) is 0. The molecule has 0 aliphatic carbocycles. The zero-order valence-corrected chi connectivity index (χ0v) is 19.7. The lowest BCUT2D eigenvalue weighted by molar-refractivity contribution is 0.0950. The molecule has 8 nitrogen and oxygen atoms in total. The van der Waals surface area contributed by atoms with Gasteiger partial charge in [-0.25, -0.2) is 9.67 Å². The van der Waals surface area contributed by atoms with Gasteiger partial charge in [-0.1, -0.05) is 18.2 Å². The molecule has 36 heavy (non-hydrogen) atoms. The van der Waals surface area contributed by atoms with E-state index in [1.54, 1.807) is 29.5 Å². The number of amides is 1. The van der Waals surface area contributed by atoms with Crippen molar-refractivity contribution in [3.63, 3.8) is 0 Å². The highest BCUT2D eigenvalue weighted by Crippen LogP contribution is 2.26. The van der Waals surface area contributed by atoms with Crippen molar-refractivity contribution in [2.75, 3.05) is 24.5 Å². The Hall–Kier alpha value is -4.46. The molecule has 1 aromatic carbocycles. The van der Waals surface area contributed by atoms with Crippen LogP contribution in [0.4, 0.5) is 5.69 Å². The molecule has 5 heterocycles. The molecule has 1 fully saturated rings. The molecule has 1 amide bonds. The van der Waals surface area contributed by atoms with Gasteiger partial charge in [0.05, 0.1) is 29.1 Å². The number of pyridine rings is 2. The van der Waals surface area contributed by atoms with Gasteiger partial charge in [0.2, 0.25) is 0 Å². The van der Waals surface area contributed by atoms with Crippen LogP contribution in [0.15, 0.2) is 89.9 Å². The van der Waals surface area contributed by atoms with Crippen molar-refractivity contribution in [2.24, 2.45) is 5.92 Å². The van der Waals surface area contributed by atoms with Gasteiger partial charge in [-0.3, -0.25) is 9.78 Å². The molecule has 0 radical (unpaired) electrons. The van der Waals surface area contributed by atoms with Crippen LogP contribution in [-0.2, 0) is 6.54 Å². The molecule has 0 bridgehead atoms. The molecule has 6 rings (SSSR count). The topological polar surface area (TPSA) is 89.1 Å². The highest BCUT2D eigenvalue weighted by atomic mass is 16.3. The lowest BCUT2D eigenvalue weighted by Crippen LogP contribution is -2.31. The molecule has 1 aliphatic rings. The van der Waals surface area contributed by atoms with Crippen LogP contribution in [0.1, 0.15) is 22.5 Å². The first-order valence-electron chi connectivity index (χ1n) is 12.1. The maximum absolute atomic E-state index is 13.5. The number of carbonyl (C=O) groups is 1. The van der Waals surface area contributed by atoms with Gasteiger partial charge in [-0.05, 0) is 54.8 Å². The number of para-hydroxylation sites is 1. The second-order valence-electron chi connectivity index (χ2n) is 9.06. The number of fused-ring (bicyclic) bond motifs is 1. The first-order valence-corrected chi connectivity index (χ1v) is 12.1. The fraction of sp³-hybridized carbons (Fsp3) is 0.214. The SMILES string of the molecule is O=C(NCC1CCN(c2ccccc2)C1)c1cc(-c2cccnc2)nc2c1cnn2Cc1ccco1. The minimum atomic E-state index is -0.122. The van der Waals surface area contributed by atoms with Gasteiger partial charge in [0.15, 0.2) is 5.65 Å². The number of carbonyl (C=O) groups excluding carboxylic acids is 1. The quantitative estimate of drug-likeness (QED) is 0.373. The van der Waals surface area contributed by atoms with Gasteiger partial charge in [0, 0.05) is 43.3 Å². The number of nitrogens with one attached hydrogen (secondary N) is 1. The monoisotopic (exact) mass is 478 g/mol. The lowest BCUT2D eigenvalue weighted by Gasteiger charge is -2.18. The zero-order valence-electron chi connectivity index (χ0n) is 19.7. The maximum Gasteiger partial charge on any atom is 0.252 e. The summed E-state index contributed by atoms with van der Waals surface area (Å²) in [6.07, 6.45) is 7.86. The van der Waals surface area contributed by atoms with E-state index in [1.807, 2.05) is 36.4 Å². The van der Waals surface area contributed by atoms with Crippen LogP contribution >= 0.6 is 0 Å². The second-order valence-corrected chi connectivity index (χ2v) is 9.06. The van der Waals surface area contributed by atoms with E-state index >= 15 is 0 Å². The summed E-state index contributed by atoms with van der Waals surface area (Å²) in [5, 5.41) is 8.41. The number of furan rings is 1. The molecule has 4 aromatic heterocycles. The average Bonchev–Trinajstić information content (AvgIpc) is 3.70. The van der Waals surface area contributed by atoms with Crippen molar-refractivity contribution in [1.82, 2.24) is 25.1 Å². The Bertz CT molecular complexity index is 1460. The Morgan fingerprint density at radius 3 is 2.81 bits per heavy atom. The standard InChI is InChI=1S/C28H26N6O2/c35-28(30-15-20-10-12-33(18-20)22-7-2-1-3-8-22)24-14-26(21-6-4-11-29-16-21)32-27-25(24)17-31-34(27)19-23-9-5-13-36-23/h1-9,11,13-14,16-17,20H,10,12,15,18-19H2,(H,30,35). The third kappa shape index (κ3) is 4.45. The highest BCUT2D eigenvalue weighted by molar-refractivity contribution is 6.06. The van der Waals surface area contributed by atoms with E-state index in [9.17, 15) is 4.79 Å². The summed E-state index contributed by atoms with van der Waals surface area (Å²) >= 11 is 0. The zero-order chi connectivity index (χ0) is 24.3. The Kier molecular flexibility index (Phi) is 5.91. The van der Waals surface area contributed by atoms with Gasteiger partial charge in [0.1, 0.15) is 12.3 Å². The van der Waals surface area contributed by atoms with Crippen molar-refractivity contribution < 1.29 is 9.21 Å². The summed E-state index contributed by atoms with van der Waals surface area (Å²) in [6.45, 7) is 2.97. The summed E-state index contributed by atoms with van der Waals surface area (Å²) in [5.74, 6) is 1.04. The van der Waals surface area contributed by atoms with Crippen LogP contribution in [0.5, 0.6) is 0 Å². The number of hydrogen-bond acceptors (Lipinski definition) is 6. The molecule has 1 atom stereocenters. The molecule has 1 aliphatic heterocycles. The molecular weight excluding hydrogens is 452 g/mol. The van der Waals surface area contributed by atoms with E-state index in [2.05, 4.69) is 44.6 Å². The fourth-order valence-electron chi connectivity index (χ4n) is 4.77. The summed E-state index contributed by atoms with van der Waals surface area (Å²) < 4.78 is 7.27. The molecule has 0 spiro atoms. The number of nitrogens with zero attached hydrogens (tertiary/aromatic N) is 5. The molecule has 5 aromatic rings. The minimum Gasteiger partial charge on any atom is -0.467 e. The molecular formula is C28H26N6O2. The van der Waals surface area contributed by atoms with E-state index < -0.39 is 0 Å². The van der Waals surface area contributed by atoms with Crippen molar-refractivity contribution in [3.05, 3.63) is 96.8 Å². The van der Waals surface area contributed by atoms with E-state index in [-0.39, 0.29) is 5.91 Å². The second kappa shape index (κ2) is 9.65. The molecule has 180 valence electrons. The Balaban J connectivity index is 1.25. The highest BCUT2D eigenvalue weighted by Gasteiger charge is 2.24. The molecule has 1 saturated heterocycles. The maximum atomic E-state index is 13.5.